The molecule has 2 aromatic heterocycles. The van der Waals surface area contributed by atoms with Crippen LogP contribution in [0.4, 0.5) is 0 Å². The summed E-state index contributed by atoms with van der Waals surface area (Å²) in [7, 11) is 0. The second kappa shape index (κ2) is 6.23. The Morgan fingerprint density at radius 1 is 1.46 bits per heavy atom. The van der Waals surface area contributed by atoms with Gasteiger partial charge in [-0.2, -0.15) is 0 Å². The summed E-state index contributed by atoms with van der Waals surface area (Å²) in [5.74, 6) is 0.641. The highest BCUT2D eigenvalue weighted by atomic mass is 16.5. The molecule has 138 valence electrons. The SMILES string of the molecule is CC(C)=CC1CC(C)(CCO)Oc2c1c(=O)n(C1CC1)c1ncccc21. The minimum atomic E-state index is -0.501. The van der Waals surface area contributed by atoms with Gasteiger partial charge in [-0.3, -0.25) is 9.36 Å². The average Bonchev–Trinajstić information content (AvgIpc) is 3.39. The van der Waals surface area contributed by atoms with Crippen LogP contribution in [0.1, 0.15) is 64.0 Å². The molecular weight excluding hydrogens is 328 g/mol. The fourth-order valence-electron chi connectivity index (χ4n) is 4.13. The summed E-state index contributed by atoms with van der Waals surface area (Å²) in [5.41, 5.74) is 2.16. The monoisotopic (exact) mass is 354 g/mol. The normalized spacial score (nSPS) is 24.8. The molecule has 2 unspecified atom stereocenters. The number of hydrogen-bond acceptors (Lipinski definition) is 4. The molecule has 2 aliphatic rings. The van der Waals surface area contributed by atoms with Gasteiger partial charge in [-0.1, -0.05) is 11.6 Å². The number of aliphatic hydroxyl groups is 1. The molecule has 0 aromatic carbocycles. The molecule has 1 N–H and O–H groups in total. The van der Waals surface area contributed by atoms with Crippen LogP contribution in [0.25, 0.3) is 11.0 Å². The number of allylic oxidation sites excluding steroid dienone is 2. The zero-order valence-electron chi connectivity index (χ0n) is 15.7. The van der Waals surface area contributed by atoms with Crippen LogP contribution in [0.2, 0.25) is 0 Å². The number of ether oxygens (including phenoxy) is 1. The summed E-state index contributed by atoms with van der Waals surface area (Å²) in [6.45, 7) is 6.19. The molecule has 0 saturated heterocycles. The molecule has 5 heteroatoms. The average molecular weight is 354 g/mol. The molecule has 1 aliphatic carbocycles. The highest BCUT2D eigenvalue weighted by Crippen LogP contribution is 2.46. The highest BCUT2D eigenvalue weighted by molar-refractivity contribution is 5.84. The summed E-state index contributed by atoms with van der Waals surface area (Å²) in [6.07, 6.45) is 7.18. The van der Waals surface area contributed by atoms with Gasteiger partial charge in [0.1, 0.15) is 17.0 Å². The van der Waals surface area contributed by atoms with Gasteiger partial charge >= 0.3 is 0 Å². The van der Waals surface area contributed by atoms with Gasteiger partial charge in [0.25, 0.3) is 5.56 Å². The van der Waals surface area contributed by atoms with E-state index in [-0.39, 0.29) is 24.1 Å². The Kier molecular flexibility index (Phi) is 4.14. The quantitative estimate of drug-likeness (QED) is 0.850. The van der Waals surface area contributed by atoms with E-state index in [0.717, 1.165) is 23.8 Å². The number of rotatable bonds is 4. The molecule has 3 heterocycles. The topological polar surface area (TPSA) is 64.3 Å². The first-order chi connectivity index (χ1) is 12.4. The van der Waals surface area contributed by atoms with Crippen LogP contribution in [0.5, 0.6) is 5.75 Å². The number of hydrogen-bond donors (Lipinski definition) is 1. The lowest BCUT2D eigenvalue weighted by Gasteiger charge is -2.39. The fraction of sp³-hybridized carbons (Fsp3) is 0.524. The van der Waals surface area contributed by atoms with Crippen molar-refractivity contribution in [2.24, 2.45) is 0 Å². The summed E-state index contributed by atoms with van der Waals surface area (Å²) < 4.78 is 8.25. The van der Waals surface area contributed by atoms with E-state index < -0.39 is 5.60 Å². The second-order valence-corrected chi connectivity index (χ2v) is 8.10. The molecule has 0 spiro atoms. The number of aromatic nitrogens is 2. The van der Waals surface area contributed by atoms with Crippen molar-refractivity contribution in [1.29, 1.82) is 0 Å². The Morgan fingerprint density at radius 3 is 2.88 bits per heavy atom. The number of pyridine rings is 2. The molecular formula is C21H26N2O3. The Bertz CT molecular complexity index is 938. The van der Waals surface area contributed by atoms with Gasteiger partial charge in [0.15, 0.2) is 0 Å². The maximum atomic E-state index is 13.4. The van der Waals surface area contributed by atoms with Crippen LogP contribution in [-0.2, 0) is 0 Å². The molecule has 2 atom stereocenters. The summed E-state index contributed by atoms with van der Waals surface area (Å²) in [6, 6.07) is 4.13. The van der Waals surface area contributed by atoms with Gasteiger partial charge in [-0.25, -0.2) is 4.98 Å². The predicted molar refractivity (Wildman–Crippen MR) is 102 cm³/mol. The van der Waals surface area contributed by atoms with Gasteiger partial charge in [0.05, 0.1) is 10.9 Å². The number of aliphatic hydroxyl groups excluding tert-OH is 1. The van der Waals surface area contributed by atoms with Gasteiger partial charge in [0.2, 0.25) is 0 Å². The maximum Gasteiger partial charge on any atom is 0.260 e. The minimum absolute atomic E-state index is 0.0117. The van der Waals surface area contributed by atoms with Crippen molar-refractivity contribution in [3.05, 3.63) is 45.9 Å². The lowest BCUT2D eigenvalue weighted by atomic mass is 9.81. The lowest BCUT2D eigenvalue weighted by molar-refractivity contribution is 0.0349. The second-order valence-electron chi connectivity index (χ2n) is 8.10. The van der Waals surface area contributed by atoms with Crippen LogP contribution in [0.3, 0.4) is 0 Å². The van der Waals surface area contributed by atoms with E-state index in [1.807, 2.05) is 23.6 Å². The van der Waals surface area contributed by atoms with E-state index in [2.05, 4.69) is 24.9 Å². The Morgan fingerprint density at radius 2 is 2.23 bits per heavy atom. The van der Waals surface area contributed by atoms with Crippen molar-refractivity contribution >= 4 is 11.0 Å². The summed E-state index contributed by atoms with van der Waals surface area (Å²) >= 11 is 0. The molecule has 0 amide bonds. The number of nitrogens with zero attached hydrogens (tertiary/aromatic N) is 2. The van der Waals surface area contributed by atoms with E-state index in [4.69, 9.17) is 4.74 Å². The largest absolute Gasteiger partial charge is 0.486 e. The van der Waals surface area contributed by atoms with Gasteiger partial charge in [0, 0.05) is 31.2 Å². The molecule has 26 heavy (non-hydrogen) atoms. The first kappa shape index (κ1) is 17.3. The molecule has 5 nitrogen and oxygen atoms in total. The number of fused-ring (bicyclic) bond motifs is 3. The molecule has 1 aliphatic heterocycles. The molecule has 0 radical (unpaired) electrons. The zero-order chi connectivity index (χ0) is 18.5. The van der Waals surface area contributed by atoms with Gasteiger partial charge in [-0.05, 0) is 52.2 Å². The molecule has 2 aromatic rings. The smallest absolute Gasteiger partial charge is 0.260 e. The third-order valence-corrected chi connectivity index (χ3v) is 5.41. The van der Waals surface area contributed by atoms with Gasteiger partial charge in [-0.15, -0.1) is 0 Å². The first-order valence-electron chi connectivity index (χ1n) is 9.41. The van der Waals surface area contributed by atoms with E-state index in [1.165, 1.54) is 5.57 Å². The Balaban J connectivity index is 2.03. The third-order valence-electron chi connectivity index (χ3n) is 5.41. The summed E-state index contributed by atoms with van der Waals surface area (Å²) in [5, 5.41) is 10.4. The lowest BCUT2D eigenvalue weighted by Crippen LogP contribution is -2.42. The fourth-order valence-corrected chi connectivity index (χ4v) is 4.13. The maximum absolute atomic E-state index is 13.4. The van der Waals surface area contributed by atoms with Crippen LogP contribution in [-0.4, -0.2) is 26.9 Å². The third kappa shape index (κ3) is 2.84. The van der Waals surface area contributed by atoms with Gasteiger partial charge < -0.3 is 9.84 Å². The van der Waals surface area contributed by atoms with Crippen molar-refractivity contribution in [1.82, 2.24) is 9.55 Å². The van der Waals surface area contributed by atoms with E-state index in [9.17, 15) is 9.90 Å². The van der Waals surface area contributed by atoms with Crippen LogP contribution in [0, 0.1) is 0 Å². The zero-order valence-corrected chi connectivity index (χ0v) is 15.7. The molecule has 0 bridgehead atoms. The molecule has 1 saturated carbocycles. The first-order valence-corrected chi connectivity index (χ1v) is 9.41. The molecule has 1 fully saturated rings. The van der Waals surface area contributed by atoms with Crippen LogP contribution in [0.15, 0.2) is 34.8 Å². The predicted octanol–water partition coefficient (Wildman–Crippen LogP) is 3.70. The standard InChI is InChI=1S/C21H26N2O3/c1-13(2)11-14-12-21(3,8-10-24)26-18-16-5-4-9-22-19(16)23(15-6-7-15)20(25)17(14)18/h4-5,9,11,14-15,24H,6-8,10,12H2,1-3H3. The van der Waals surface area contributed by atoms with Crippen molar-refractivity contribution in [2.45, 2.75) is 64.0 Å². The van der Waals surface area contributed by atoms with E-state index in [0.29, 0.717) is 24.2 Å². The van der Waals surface area contributed by atoms with Crippen molar-refractivity contribution in [3.8, 4) is 5.75 Å². The van der Waals surface area contributed by atoms with Crippen molar-refractivity contribution < 1.29 is 9.84 Å². The van der Waals surface area contributed by atoms with Crippen LogP contribution >= 0.6 is 0 Å². The van der Waals surface area contributed by atoms with Crippen molar-refractivity contribution in [3.63, 3.8) is 0 Å². The van der Waals surface area contributed by atoms with Crippen LogP contribution < -0.4 is 10.3 Å². The molecule has 4 rings (SSSR count). The van der Waals surface area contributed by atoms with Crippen molar-refractivity contribution in [2.75, 3.05) is 6.61 Å². The Labute approximate surface area is 153 Å². The van der Waals surface area contributed by atoms with E-state index >= 15 is 0 Å². The summed E-state index contributed by atoms with van der Waals surface area (Å²) in [4.78, 5) is 17.9. The van der Waals surface area contributed by atoms with E-state index in [1.54, 1.807) is 6.20 Å². The highest BCUT2D eigenvalue weighted by Gasteiger charge is 2.41. The minimum Gasteiger partial charge on any atom is -0.486 e. The Hall–Kier alpha value is -2.14.